The van der Waals surface area contributed by atoms with E-state index in [0.717, 1.165) is 50.1 Å². The zero-order valence-electron chi connectivity index (χ0n) is 24.0. The van der Waals surface area contributed by atoms with Crippen molar-refractivity contribution in [3.8, 4) is 5.75 Å². The summed E-state index contributed by atoms with van der Waals surface area (Å²) in [5.41, 5.74) is 10.5. The highest BCUT2D eigenvalue weighted by Crippen LogP contribution is 2.27. The number of carbonyl (C=O) groups excluding carboxylic acids is 1. The van der Waals surface area contributed by atoms with E-state index in [-0.39, 0.29) is 5.91 Å². The number of benzene rings is 3. The summed E-state index contributed by atoms with van der Waals surface area (Å²) in [6.45, 7) is 3.91. The molecule has 6 aromatic rings. The average Bonchev–Trinajstić information content (AvgIpc) is 3.70. The molecule has 0 fully saturated rings. The van der Waals surface area contributed by atoms with Gasteiger partial charge in [-0.1, -0.05) is 48.5 Å². The Morgan fingerprint density at radius 3 is 2.31 bits per heavy atom. The summed E-state index contributed by atoms with van der Waals surface area (Å²) in [6.07, 6.45) is 5.09. The van der Waals surface area contributed by atoms with Crippen molar-refractivity contribution in [1.29, 1.82) is 0 Å². The van der Waals surface area contributed by atoms with Crippen LogP contribution in [0.3, 0.4) is 0 Å². The number of ether oxygens (including phenoxy) is 1. The lowest BCUT2D eigenvalue weighted by Crippen LogP contribution is -2.50. The van der Waals surface area contributed by atoms with Gasteiger partial charge in [0.2, 0.25) is 5.91 Å². The Morgan fingerprint density at radius 2 is 1.62 bits per heavy atom. The first-order chi connectivity index (χ1) is 20.3. The number of H-pyrrole nitrogens is 2. The molecule has 42 heavy (non-hydrogen) atoms. The number of aromatic amines is 2. The van der Waals surface area contributed by atoms with E-state index in [4.69, 9.17) is 20.7 Å². The molecule has 0 saturated carbocycles. The maximum Gasteiger partial charge on any atom is 0.240 e. The van der Waals surface area contributed by atoms with E-state index >= 15 is 0 Å². The summed E-state index contributed by atoms with van der Waals surface area (Å²) in [4.78, 5) is 20.0. The van der Waals surface area contributed by atoms with Gasteiger partial charge in [-0.25, -0.2) is 0 Å². The molecule has 5 N–H and O–H groups in total. The van der Waals surface area contributed by atoms with Gasteiger partial charge in [0, 0.05) is 47.0 Å². The van der Waals surface area contributed by atoms with Gasteiger partial charge in [-0.2, -0.15) is 0 Å². The van der Waals surface area contributed by atoms with Crippen molar-refractivity contribution >= 4 is 27.7 Å². The lowest BCUT2D eigenvalue weighted by atomic mass is 10.0. The molecule has 3 aromatic carbocycles. The second kappa shape index (κ2) is 11.2. The molecule has 0 unspecified atom stereocenters. The molecule has 1 atom stereocenters. The lowest BCUT2D eigenvalue weighted by Gasteiger charge is -2.25. The van der Waals surface area contributed by atoms with Crippen molar-refractivity contribution < 1.29 is 9.53 Å². The average molecular weight is 562 g/mol. The summed E-state index contributed by atoms with van der Waals surface area (Å²) in [7, 11) is 1.66. The smallest absolute Gasteiger partial charge is 0.240 e. The minimum absolute atomic E-state index is 0.263. The van der Waals surface area contributed by atoms with Crippen molar-refractivity contribution in [2.75, 3.05) is 7.11 Å². The molecular weight excluding hydrogens is 526 g/mol. The fourth-order valence-corrected chi connectivity index (χ4v) is 5.38. The molecule has 9 heteroatoms. The van der Waals surface area contributed by atoms with Crippen LogP contribution in [-0.4, -0.2) is 43.3 Å². The Bertz CT molecular complexity index is 1860. The molecule has 0 aliphatic rings. The molecule has 0 spiro atoms. The number of nitrogens with one attached hydrogen (secondary N) is 3. The molecule has 9 nitrogen and oxygen atoms in total. The van der Waals surface area contributed by atoms with Gasteiger partial charge in [0.05, 0.1) is 25.2 Å². The van der Waals surface area contributed by atoms with Crippen LogP contribution in [0.25, 0.3) is 21.8 Å². The SMILES string of the molecule is COc1cccc(Cn2c(Cc3c[nH]c4ccccc34)nnc2[C@@H](Cc2c[nH]c3ccccc23)NC(=O)C(C)(C)N)c1. The predicted molar refractivity (Wildman–Crippen MR) is 164 cm³/mol. The highest BCUT2D eigenvalue weighted by Gasteiger charge is 2.30. The van der Waals surface area contributed by atoms with Crippen LogP contribution in [0, 0.1) is 0 Å². The van der Waals surface area contributed by atoms with Crippen molar-refractivity contribution in [3.05, 3.63) is 114 Å². The van der Waals surface area contributed by atoms with Crippen LogP contribution in [0.5, 0.6) is 5.75 Å². The van der Waals surface area contributed by atoms with Gasteiger partial charge in [0.25, 0.3) is 0 Å². The number of methoxy groups -OCH3 is 1. The van der Waals surface area contributed by atoms with E-state index in [9.17, 15) is 4.79 Å². The molecule has 0 radical (unpaired) electrons. The molecule has 3 heterocycles. The number of para-hydroxylation sites is 2. The minimum Gasteiger partial charge on any atom is -0.497 e. The Balaban J connectivity index is 1.44. The maximum atomic E-state index is 13.3. The number of fused-ring (bicyclic) bond motifs is 2. The molecular formula is C33H35N7O2. The largest absolute Gasteiger partial charge is 0.497 e. The standard InChI is InChI=1S/C33H35N7O2/c1-33(2,34)32(41)37-29(16-22-18-35-27-13-6-4-11-25(22)27)31-39-38-30(17-23-19-36-28-14-7-5-12-26(23)28)40(31)20-21-9-8-10-24(15-21)42-3/h4-15,18-19,29,35-36H,16-17,20,34H2,1-3H3,(H,37,41)/t29-/m1/s1. The van der Waals surface area contributed by atoms with Crippen LogP contribution < -0.4 is 15.8 Å². The third-order valence-electron chi connectivity index (χ3n) is 7.66. The van der Waals surface area contributed by atoms with Crippen LogP contribution in [0.2, 0.25) is 0 Å². The van der Waals surface area contributed by atoms with Gasteiger partial charge < -0.3 is 30.3 Å². The summed E-state index contributed by atoms with van der Waals surface area (Å²) >= 11 is 0. The van der Waals surface area contributed by atoms with E-state index in [1.54, 1.807) is 21.0 Å². The Hall–Kier alpha value is -4.89. The first-order valence-corrected chi connectivity index (χ1v) is 14.0. The molecule has 1 amide bonds. The quantitative estimate of drug-likeness (QED) is 0.187. The maximum absolute atomic E-state index is 13.3. The van der Waals surface area contributed by atoms with Crippen LogP contribution >= 0.6 is 0 Å². The zero-order chi connectivity index (χ0) is 29.3. The van der Waals surface area contributed by atoms with Gasteiger partial charge in [-0.05, 0) is 54.8 Å². The van der Waals surface area contributed by atoms with E-state index in [0.29, 0.717) is 25.2 Å². The molecule has 3 aromatic heterocycles. The molecule has 214 valence electrons. The van der Waals surface area contributed by atoms with Crippen LogP contribution in [0.15, 0.2) is 85.2 Å². The molecule has 6 rings (SSSR count). The van der Waals surface area contributed by atoms with E-state index in [1.807, 2.05) is 60.9 Å². The van der Waals surface area contributed by atoms with Gasteiger partial charge in [-0.3, -0.25) is 4.79 Å². The number of aromatic nitrogens is 5. The second-order valence-corrected chi connectivity index (χ2v) is 11.3. The predicted octanol–water partition coefficient (Wildman–Crippen LogP) is 5.03. The number of nitrogens with two attached hydrogens (primary N) is 1. The normalized spacial score (nSPS) is 12.6. The lowest BCUT2D eigenvalue weighted by molar-refractivity contribution is -0.126. The van der Waals surface area contributed by atoms with E-state index < -0.39 is 11.6 Å². The Morgan fingerprint density at radius 1 is 0.952 bits per heavy atom. The van der Waals surface area contributed by atoms with E-state index in [1.165, 1.54) is 0 Å². The number of hydrogen-bond acceptors (Lipinski definition) is 5. The fourth-order valence-electron chi connectivity index (χ4n) is 5.38. The molecule has 0 saturated heterocycles. The summed E-state index contributed by atoms with van der Waals surface area (Å²) < 4.78 is 7.61. The van der Waals surface area contributed by atoms with Crippen molar-refractivity contribution in [2.24, 2.45) is 5.73 Å². The Labute approximate surface area is 244 Å². The first kappa shape index (κ1) is 27.3. The van der Waals surface area contributed by atoms with Crippen molar-refractivity contribution in [2.45, 2.75) is 44.8 Å². The first-order valence-electron chi connectivity index (χ1n) is 14.0. The van der Waals surface area contributed by atoms with Gasteiger partial charge in [0.15, 0.2) is 5.82 Å². The summed E-state index contributed by atoms with van der Waals surface area (Å²) in [5.74, 6) is 1.97. The topological polar surface area (TPSA) is 127 Å². The molecule has 0 aliphatic carbocycles. The van der Waals surface area contributed by atoms with Gasteiger partial charge >= 0.3 is 0 Å². The number of hydrogen-bond donors (Lipinski definition) is 4. The fraction of sp³-hybridized carbons (Fsp3) is 0.242. The Kier molecular flexibility index (Phi) is 7.26. The highest BCUT2D eigenvalue weighted by molar-refractivity contribution is 5.86. The zero-order valence-corrected chi connectivity index (χ0v) is 24.0. The number of nitrogens with zero attached hydrogens (tertiary/aromatic N) is 3. The number of carbonyl (C=O) groups is 1. The second-order valence-electron chi connectivity index (χ2n) is 11.3. The monoisotopic (exact) mass is 561 g/mol. The highest BCUT2D eigenvalue weighted by atomic mass is 16.5. The summed E-state index contributed by atoms with van der Waals surface area (Å²) in [6, 6.07) is 23.8. The summed E-state index contributed by atoms with van der Waals surface area (Å²) in [5, 5.41) is 14.8. The number of rotatable bonds is 10. The molecule has 0 bridgehead atoms. The van der Waals surface area contributed by atoms with E-state index in [2.05, 4.69) is 44.1 Å². The van der Waals surface area contributed by atoms with Crippen LogP contribution in [-0.2, 0) is 24.2 Å². The third kappa shape index (κ3) is 5.51. The van der Waals surface area contributed by atoms with Crippen LogP contribution in [0.4, 0.5) is 0 Å². The number of amides is 1. The van der Waals surface area contributed by atoms with Crippen molar-refractivity contribution in [3.63, 3.8) is 0 Å². The molecule has 0 aliphatic heterocycles. The van der Waals surface area contributed by atoms with Crippen LogP contribution in [0.1, 0.15) is 48.2 Å². The third-order valence-corrected chi connectivity index (χ3v) is 7.66. The van der Waals surface area contributed by atoms with Gasteiger partial charge in [0.1, 0.15) is 11.6 Å². The minimum atomic E-state index is -1.07. The van der Waals surface area contributed by atoms with Gasteiger partial charge in [-0.15, -0.1) is 10.2 Å². The van der Waals surface area contributed by atoms with Crippen molar-refractivity contribution in [1.82, 2.24) is 30.0 Å².